The van der Waals surface area contributed by atoms with Crippen LogP contribution in [0.5, 0.6) is 0 Å². The summed E-state index contributed by atoms with van der Waals surface area (Å²) < 4.78 is 1.87. The molecule has 0 aromatic heterocycles. The van der Waals surface area contributed by atoms with Gasteiger partial charge in [-0.3, -0.25) is 0 Å². The van der Waals surface area contributed by atoms with Gasteiger partial charge in [-0.1, -0.05) is 0 Å². The third-order valence-corrected chi connectivity index (χ3v) is 4.50. The zero-order chi connectivity index (χ0) is 17.9. The molecule has 0 N–H and O–H groups in total. The first-order valence-corrected chi connectivity index (χ1v) is 8.75. The topological polar surface area (TPSA) is 15.4 Å². The minimum absolute atomic E-state index is 0.851. The summed E-state index contributed by atoms with van der Waals surface area (Å²) in [7, 11) is 0. The summed E-state index contributed by atoms with van der Waals surface area (Å²) in [5.74, 6) is 0. The first kappa shape index (κ1) is 18.6. The van der Waals surface area contributed by atoms with Crippen molar-refractivity contribution in [2.24, 2.45) is 4.99 Å². The van der Waals surface area contributed by atoms with Crippen LogP contribution in [-0.2, 0) is 15.7 Å². The predicted molar refractivity (Wildman–Crippen MR) is 99.8 cm³/mol. The van der Waals surface area contributed by atoms with Gasteiger partial charge in [-0.05, 0) is 0 Å². The predicted octanol–water partition coefficient (Wildman–Crippen LogP) is 5.67. The Labute approximate surface area is 153 Å². The average Bonchev–Trinajstić information content (AvgIpc) is 2.49. The van der Waals surface area contributed by atoms with Gasteiger partial charge in [-0.25, -0.2) is 0 Å². The quantitative estimate of drug-likeness (QED) is 0.490. The zero-order valence-corrected chi connectivity index (χ0v) is 16.4. The van der Waals surface area contributed by atoms with E-state index in [1.54, 1.807) is 0 Å². The SMILES string of the molecule is CCC(=Nc1cc(C)cc(C)c1)C(C)=[N+]([Ni])c1cc(C)cc(C)c1. The fourth-order valence-electron chi connectivity index (χ4n) is 2.94. The molecule has 0 aliphatic heterocycles. The molecule has 0 atom stereocenters. The van der Waals surface area contributed by atoms with Gasteiger partial charge in [0, 0.05) is 0 Å². The van der Waals surface area contributed by atoms with Crippen LogP contribution in [0.25, 0.3) is 0 Å². The molecular weight excluding hydrogens is 339 g/mol. The third-order valence-electron chi connectivity index (χ3n) is 3.91. The Balaban J connectivity index is 2.49. The van der Waals surface area contributed by atoms with Crippen molar-refractivity contribution in [3.63, 3.8) is 0 Å². The molecule has 0 unspecified atom stereocenters. The van der Waals surface area contributed by atoms with E-state index in [4.69, 9.17) is 20.7 Å². The standard InChI is InChI=1S/C21H26N2.Ni/c1-7-21(23-20-12-16(4)9-17(5)13-20)18(6)22-19-10-14(2)8-15(3)11-19;/h8-13H,7H2,1-6H3;/q;+1. The van der Waals surface area contributed by atoms with Crippen LogP contribution in [0.2, 0.25) is 0 Å². The average molecular weight is 365 g/mol. The number of nitrogens with zero attached hydrogens (tertiary/aromatic N) is 2. The van der Waals surface area contributed by atoms with Crippen molar-refractivity contribution in [3.05, 3.63) is 58.7 Å². The van der Waals surface area contributed by atoms with Gasteiger partial charge in [-0.15, -0.1) is 0 Å². The fraction of sp³-hybridized carbons (Fsp3) is 0.333. The first-order chi connectivity index (χ1) is 11.3. The summed E-state index contributed by atoms with van der Waals surface area (Å²) >= 11 is 5.32. The molecule has 24 heavy (non-hydrogen) atoms. The van der Waals surface area contributed by atoms with Crippen molar-refractivity contribution in [3.8, 4) is 0 Å². The molecule has 0 bridgehead atoms. The van der Waals surface area contributed by atoms with Crippen molar-refractivity contribution in [2.45, 2.75) is 48.0 Å². The Hall–Kier alpha value is -1.73. The van der Waals surface area contributed by atoms with Gasteiger partial charge in [0.25, 0.3) is 0 Å². The van der Waals surface area contributed by atoms with Gasteiger partial charge in [0.2, 0.25) is 0 Å². The summed E-state index contributed by atoms with van der Waals surface area (Å²) in [4.78, 5) is 4.87. The van der Waals surface area contributed by atoms with Gasteiger partial charge in [0.05, 0.1) is 0 Å². The molecule has 0 saturated heterocycles. The molecule has 0 spiro atoms. The summed E-state index contributed by atoms with van der Waals surface area (Å²) in [6.07, 6.45) is 0.851. The number of aliphatic imine (C=N–C) groups is 1. The van der Waals surface area contributed by atoms with Crippen molar-refractivity contribution in [2.75, 3.05) is 0 Å². The van der Waals surface area contributed by atoms with Gasteiger partial charge in [-0.2, -0.15) is 0 Å². The molecule has 2 rings (SSSR count). The van der Waals surface area contributed by atoms with Gasteiger partial charge >= 0.3 is 154 Å². The molecule has 0 fully saturated rings. The Morgan fingerprint density at radius 3 is 1.79 bits per heavy atom. The maximum atomic E-state index is 5.32. The van der Waals surface area contributed by atoms with E-state index in [9.17, 15) is 0 Å². The molecule has 2 aromatic rings. The van der Waals surface area contributed by atoms with Crippen LogP contribution in [0.3, 0.4) is 0 Å². The monoisotopic (exact) mass is 364 g/mol. The van der Waals surface area contributed by atoms with Crippen LogP contribution in [0.1, 0.15) is 42.5 Å². The number of rotatable bonds is 4. The van der Waals surface area contributed by atoms with E-state index >= 15 is 0 Å². The van der Waals surface area contributed by atoms with E-state index in [0.29, 0.717) is 0 Å². The molecular formula is C21H26N2Ni+. The van der Waals surface area contributed by atoms with Crippen LogP contribution in [0.4, 0.5) is 11.4 Å². The summed E-state index contributed by atoms with van der Waals surface area (Å²) in [5.41, 5.74) is 9.02. The Morgan fingerprint density at radius 2 is 1.33 bits per heavy atom. The van der Waals surface area contributed by atoms with E-state index < -0.39 is 0 Å². The molecule has 0 amide bonds. The number of benzene rings is 2. The van der Waals surface area contributed by atoms with Crippen molar-refractivity contribution in [1.29, 1.82) is 0 Å². The zero-order valence-electron chi connectivity index (χ0n) is 15.4. The van der Waals surface area contributed by atoms with Crippen LogP contribution in [0.15, 0.2) is 41.4 Å². The normalized spacial score (nSPS) is 13.1. The number of aryl methyl sites for hydroxylation is 4. The van der Waals surface area contributed by atoms with E-state index in [1.165, 1.54) is 22.3 Å². The molecule has 0 aliphatic carbocycles. The van der Waals surface area contributed by atoms with E-state index in [-0.39, 0.29) is 0 Å². The minimum atomic E-state index is 0.851. The molecule has 2 nitrogen and oxygen atoms in total. The Kier molecular flexibility index (Phi) is 6.12. The van der Waals surface area contributed by atoms with Crippen molar-refractivity contribution < 1.29 is 19.3 Å². The molecule has 3 heteroatoms. The van der Waals surface area contributed by atoms with Gasteiger partial charge in [0.15, 0.2) is 0 Å². The molecule has 0 aliphatic rings. The first-order valence-electron chi connectivity index (χ1n) is 8.31. The fourth-order valence-corrected chi connectivity index (χ4v) is 3.20. The van der Waals surface area contributed by atoms with Gasteiger partial charge in [0.1, 0.15) is 0 Å². The number of hydrogen-bond donors (Lipinski definition) is 0. The molecule has 0 heterocycles. The Morgan fingerprint density at radius 1 is 0.875 bits per heavy atom. The second-order valence-corrected chi connectivity index (χ2v) is 6.88. The third kappa shape index (κ3) is 4.64. The van der Waals surface area contributed by atoms with E-state index in [2.05, 4.69) is 77.9 Å². The molecule has 2 aromatic carbocycles. The molecule has 0 saturated carbocycles. The van der Waals surface area contributed by atoms with Crippen LogP contribution in [0, 0.1) is 27.7 Å². The second kappa shape index (κ2) is 7.90. The summed E-state index contributed by atoms with van der Waals surface area (Å²) in [5, 5.41) is 0. The maximum absolute atomic E-state index is 5.32. The summed E-state index contributed by atoms with van der Waals surface area (Å²) in [6, 6.07) is 12.8. The van der Waals surface area contributed by atoms with Crippen molar-refractivity contribution in [1.82, 2.24) is 0 Å². The van der Waals surface area contributed by atoms with Crippen LogP contribution >= 0.6 is 0 Å². The van der Waals surface area contributed by atoms with E-state index in [1.807, 2.05) is 3.66 Å². The van der Waals surface area contributed by atoms with Crippen molar-refractivity contribution >= 4 is 22.8 Å². The van der Waals surface area contributed by atoms with Crippen LogP contribution in [-0.4, -0.2) is 15.1 Å². The number of hydrogen-bond acceptors (Lipinski definition) is 1. The Bertz CT molecular complexity index is 776. The van der Waals surface area contributed by atoms with E-state index in [0.717, 1.165) is 29.2 Å². The summed E-state index contributed by atoms with van der Waals surface area (Å²) in [6.45, 7) is 12.6. The molecule has 0 radical (unpaired) electrons. The van der Waals surface area contributed by atoms with Crippen LogP contribution < -0.4 is 0 Å². The second-order valence-electron chi connectivity index (χ2n) is 6.44. The van der Waals surface area contributed by atoms with Gasteiger partial charge < -0.3 is 0 Å². The molecule has 129 valence electrons.